The van der Waals surface area contributed by atoms with E-state index in [-0.39, 0.29) is 35.8 Å². The van der Waals surface area contributed by atoms with Crippen molar-refractivity contribution in [3.05, 3.63) is 29.8 Å². The molecule has 116 valence electrons. The number of halogens is 2. The van der Waals surface area contributed by atoms with Crippen LogP contribution in [0.3, 0.4) is 0 Å². The molecule has 3 N–H and O–H groups in total. The molecule has 0 radical (unpaired) electrons. The van der Waals surface area contributed by atoms with Crippen LogP contribution < -0.4 is 15.6 Å². The molecule has 0 aliphatic carbocycles. The average molecular weight is 342 g/mol. The maximum atomic E-state index is 12.0. The SMILES string of the molecule is Cc1ccc(S(=O)(=O)NNC2CCCNC2)cc1.Cl.Cl. The summed E-state index contributed by atoms with van der Waals surface area (Å²) in [5.41, 5.74) is 3.91. The van der Waals surface area contributed by atoms with Crippen molar-refractivity contribution in [2.24, 2.45) is 0 Å². The predicted octanol–water partition coefficient (Wildman–Crippen LogP) is 1.37. The van der Waals surface area contributed by atoms with Gasteiger partial charge in [0.25, 0.3) is 10.0 Å². The molecule has 0 bridgehead atoms. The van der Waals surface area contributed by atoms with E-state index in [1.807, 2.05) is 6.92 Å². The van der Waals surface area contributed by atoms with Crippen molar-refractivity contribution in [1.29, 1.82) is 0 Å². The first-order valence-corrected chi connectivity index (χ1v) is 7.61. The molecule has 0 amide bonds. The van der Waals surface area contributed by atoms with Gasteiger partial charge in [0.15, 0.2) is 0 Å². The van der Waals surface area contributed by atoms with Crippen molar-refractivity contribution in [2.45, 2.75) is 30.7 Å². The van der Waals surface area contributed by atoms with Crippen LogP contribution in [0.15, 0.2) is 29.2 Å². The van der Waals surface area contributed by atoms with Crippen LogP contribution in [-0.2, 0) is 10.0 Å². The summed E-state index contributed by atoms with van der Waals surface area (Å²) in [7, 11) is -3.47. The number of sulfonamides is 1. The molecule has 0 aromatic heterocycles. The molecule has 0 saturated carbocycles. The topological polar surface area (TPSA) is 70.2 Å². The molecule has 2 rings (SSSR count). The van der Waals surface area contributed by atoms with Crippen LogP contribution in [0.2, 0.25) is 0 Å². The fraction of sp³-hybridized carbons (Fsp3) is 0.500. The Bertz CT molecular complexity index is 488. The van der Waals surface area contributed by atoms with E-state index < -0.39 is 10.0 Å². The summed E-state index contributed by atoms with van der Waals surface area (Å²) in [5, 5.41) is 3.22. The zero-order chi connectivity index (χ0) is 13.0. The number of piperidine rings is 1. The van der Waals surface area contributed by atoms with Gasteiger partial charge in [-0.1, -0.05) is 17.7 Å². The number of benzene rings is 1. The van der Waals surface area contributed by atoms with E-state index in [1.165, 1.54) is 0 Å². The summed E-state index contributed by atoms with van der Waals surface area (Å²) in [6, 6.07) is 6.95. The maximum Gasteiger partial charge on any atom is 0.253 e. The highest BCUT2D eigenvalue weighted by atomic mass is 35.5. The molecule has 1 fully saturated rings. The molecule has 0 spiro atoms. The van der Waals surface area contributed by atoms with Crippen molar-refractivity contribution in [1.82, 2.24) is 15.6 Å². The maximum absolute atomic E-state index is 12.0. The lowest BCUT2D eigenvalue weighted by Crippen LogP contribution is -2.50. The zero-order valence-corrected chi connectivity index (χ0v) is 13.7. The Balaban J connectivity index is 0.00000180. The van der Waals surface area contributed by atoms with Gasteiger partial charge in [-0.05, 0) is 38.4 Å². The van der Waals surface area contributed by atoms with Gasteiger partial charge < -0.3 is 5.32 Å². The molecule has 1 saturated heterocycles. The summed E-state index contributed by atoms with van der Waals surface area (Å²) >= 11 is 0. The normalized spacial score (nSPS) is 18.8. The zero-order valence-electron chi connectivity index (χ0n) is 11.3. The second-order valence-corrected chi connectivity index (χ2v) is 6.29. The summed E-state index contributed by atoms with van der Waals surface area (Å²) in [6.45, 7) is 3.72. The van der Waals surface area contributed by atoms with E-state index >= 15 is 0 Å². The lowest BCUT2D eigenvalue weighted by atomic mass is 10.1. The second-order valence-electron chi connectivity index (χ2n) is 4.61. The fourth-order valence-electron chi connectivity index (χ4n) is 1.91. The van der Waals surface area contributed by atoms with Crippen LogP contribution in [0.5, 0.6) is 0 Å². The largest absolute Gasteiger partial charge is 0.315 e. The lowest BCUT2D eigenvalue weighted by Gasteiger charge is -2.23. The predicted molar refractivity (Wildman–Crippen MR) is 85.0 cm³/mol. The van der Waals surface area contributed by atoms with Crippen molar-refractivity contribution < 1.29 is 8.42 Å². The molecule has 1 heterocycles. The van der Waals surface area contributed by atoms with Gasteiger partial charge in [-0.3, -0.25) is 0 Å². The van der Waals surface area contributed by atoms with Crippen molar-refractivity contribution in [3.63, 3.8) is 0 Å². The summed E-state index contributed by atoms with van der Waals surface area (Å²) in [6.07, 6.45) is 2.04. The number of nitrogens with one attached hydrogen (secondary N) is 3. The summed E-state index contributed by atoms with van der Waals surface area (Å²) < 4.78 is 24.0. The number of rotatable bonds is 4. The monoisotopic (exact) mass is 341 g/mol. The van der Waals surface area contributed by atoms with Gasteiger partial charge in [-0.2, -0.15) is 0 Å². The molecular formula is C12H21Cl2N3O2S. The van der Waals surface area contributed by atoms with Gasteiger partial charge in [0.1, 0.15) is 0 Å². The minimum atomic E-state index is -3.47. The Morgan fingerprint density at radius 1 is 1.20 bits per heavy atom. The number of hydrogen-bond donors (Lipinski definition) is 3. The van der Waals surface area contributed by atoms with Crippen molar-refractivity contribution in [3.8, 4) is 0 Å². The number of hydrogen-bond acceptors (Lipinski definition) is 4. The third-order valence-electron chi connectivity index (χ3n) is 3.03. The number of hydrazine groups is 1. The Kier molecular flexibility index (Phi) is 8.65. The fourth-order valence-corrected chi connectivity index (χ4v) is 2.85. The average Bonchev–Trinajstić information content (AvgIpc) is 2.38. The molecule has 1 aromatic rings. The highest BCUT2D eigenvalue weighted by molar-refractivity contribution is 7.89. The van der Waals surface area contributed by atoms with Crippen LogP contribution in [0.25, 0.3) is 0 Å². The van der Waals surface area contributed by atoms with E-state index in [1.54, 1.807) is 24.3 Å². The Morgan fingerprint density at radius 3 is 2.40 bits per heavy atom. The van der Waals surface area contributed by atoms with E-state index in [2.05, 4.69) is 15.6 Å². The van der Waals surface area contributed by atoms with Gasteiger partial charge in [0.2, 0.25) is 0 Å². The minimum absolute atomic E-state index is 0. The molecule has 8 heteroatoms. The molecule has 1 aliphatic heterocycles. The Labute approximate surface area is 132 Å². The van der Waals surface area contributed by atoms with E-state index in [0.29, 0.717) is 0 Å². The van der Waals surface area contributed by atoms with E-state index in [0.717, 1.165) is 31.5 Å². The first kappa shape index (κ1) is 19.6. The van der Waals surface area contributed by atoms with E-state index in [4.69, 9.17) is 0 Å². The quantitative estimate of drug-likeness (QED) is 0.723. The first-order valence-electron chi connectivity index (χ1n) is 6.13. The number of aryl methyl sites for hydroxylation is 1. The summed E-state index contributed by atoms with van der Waals surface area (Å²) in [5.74, 6) is 0. The van der Waals surface area contributed by atoms with Crippen LogP contribution in [0.1, 0.15) is 18.4 Å². The van der Waals surface area contributed by atoms with Gasteiger partial charge >= 0.3 is 0 Å². The molecule has 20 heavy (non-hydrogen) atoms. The smallest absolute Gasteiger partial charge is 0.253 e. The van der Waals surface area contributed by atoms with Gasteiger partial charge in [0.05, 0.1) is 4.90 Å². The van der Waals surface area contributed by atoms with Gasteiger partial charge in [-0.15, -0.1) is 29.6 Å². The molecule has 5 nitrogen and oxygen atoms in total. The van der Waals surface area contributed by atoms with Gasteiger partial charge in [-0.25, -0.2) is 13.8 Å². The first-order chi connectivity index (χ1) is 8.58. The third-order valence-corrected chi connectivity index (χ3v) is 4.30. The lowest BCUT2D eigenvalue weighted by molar-refractivity contribution is 0.377. The van der Waals surface area contributed by atoms with Crippen LogP contribution in [0, 0.1) is 6.92 Å². The second kappa shape index (κ2) is 8.81. The van der Waals surface area contributed by atoms with E-state index in [9.17, 15) is 8.42 Å². The molecule has 1 aliphatic rings. The van der Waals surface area contributed by atoms with Crippen molar-refractivity contribution in [2.75, 3.05) is 13.1 Å². The van der Waals surface area contributed by atoms with Crippen LogP contribution in [0.4, 0.5) is 0 Å². The standard InChI is InChI=1S/C12H19N3O2S.2ClH/c1-10-4-6-12(7-5-10)18(16,17)15-14-11-3-2-8-13-9-11;;/h4-7,11,13-15H,2-3,8-9H2,1H3;2*1H. The minimum Gasteiger partial charge on any atom is -0.315 e. The van der Waals surface area contributed by atoms with Crippen molar-refractivity contribution >= 4 is 34.8 Å². The molecule has 1 atom stereocenters. The third kappa shape index (κ3) is 5.55. The van der Waals surface area contributed by atoms with Crippen LogP contribution >= 0.6 is 24.8 Å². The molecule has 1 unspecified atom stereocenters. The summed E-state index contributed by atoms with van der Waals surface area (Å²) in [4.78, 5) is 2.73. The molecular weight excluding hydrogens is 321 g/mol. The highest BCUT2D eigenvalue weighted by Crippen LogP contribution is 2.09. The Morgan fingerprint density at radius 2 is 1.85 bits per heavy atom. The van der Waals surface area contributed by atoms with Gasteiger partial charge in [0, 0.05) is 12.6 Å². The van der Waals surface area contributed by atoms with Crippen LogP contribution in [-0.4, -0.2) is 27.5 Å². The molecule has 1 aromatic carbocycles. The Hall–Kier alpha value is -0.370. The highest BCUT2D eigenvalue weighted by Gasteiger charge is 2.17.